The van der Waals surface area contributed by atoms with Gasteiger partial charge in [0.25, 0.3) is 5.56 Å². The molecule has 0 aliphatic heterocycles. The summed E-state index contributed by atoms with van der Waals surface area (Å²) in [5.74, 6) is 0.454. The van der Waals surface area contributed by atoms with Crippen molar-refractivity contribution in [2.45, 2.75) is 0 Å². The van der Waals surface area contributed by atoms with Crippen molar-refractivity contribution in [3.05, 3.63) is 93.3 Å². The zero-order valence-electron chi connectivity index (χ0n) is 19.3. The second-order valence-corrected chi connectivity index (χ2v) is 8.89. The van der Waals surface area contributed by atoms with Crippen LogP contribution in [0.1, 0.15) is 0 Å². The number of anilines is 2. The zero-order chi connectivity index (χ0) is 25.4. The lowest BCUT2D eigenvalue weighted by Crippen LogP contribution is -2.28. The van der Waals surface area contributed by atoms with Crippen LogP contribution in [0.4, 0.5) is 16.2 Å². The third-order valence-corrected chi connectivity index (χ3v) is 6.51. The summed E-state index contributed by atoms with van der Waals surface area (Å²) in [5.41, 5.74) is 2.49. The second-order valence-electron chi connectivity index (χ2n) is 8.05. The summed E-state index contributed by atoms with van der Waals surface area (Å²) >= 11 is 12.9. The predicted octanol–water partition coefficient (Wildman–Crippen LogP) is 6.71. The van der Waals surface area contributed by atoms with E-state index >= 15 is 0 Å². The van der Waals surface area contributed by atoms with Crippen molar-refractivity contribution < 1.29 is 9.53 Å². The van der Waals surface area contributed by atoms with E-state index in [4.69, 9.17) is 27.9 Å². The highest BCUT2D eigenvalue weighted by Gasteiger charge is 2.22. The van der Waals surface area contributed by atoms with Gasteiger partial charge < -0.3 is 19.9 Å². The molecule has 0 fully saturated rings. The summed E-state index contributed by atoms with van der Waals surface area (Å²) in [4.78, 5) is 31.2. The Morgan fingerprint density at radius 3 is 2.50 bits per heavy atom. The molecular weight excluding hydrogens is 499 g/mol. The van der Waals surface area contributed by atoms with Gasteiger partial charge in [0, 0.05) is 45.2 Å². The number of rotatable bonds is 4. The molecule has 2 amide bonds. The van der Waals surface area contributed by atoms with Crippen LogP contribution >= 0.6 is 23.2 Å². The molecule has 0 radical (unpaired) electrons. The molecule has 0 saturated heterocycles. The van der Waals surface area contributed by atoms with Gasteiger partial charge in [0.2, 0.25) is 0 Å². The van der Waals surface area contributed by atoms with Gasteiger partial charge in [-0.2, -0.15) is 0 Å². The topological polar surface area (TPSA) is 85.2 Å². The van der Waals surface area contributed by atoms with Crippen molar-refractivity contribution in [2.24, 2.45) is 7.05 Å². The van der Waals surface area contributed by atoms with Crippen LogP contribution in [0, 0.1) is 0 Å². The molecule has 180 valence electrons. The molecular formula is C27H20Cl2N4O3. The Morgan fingerprint density at radius 2 is 1.72 bits per heavy atom. The van der Waals surface area contributed by atoms with Crippen LogP contribution < -0.4 is 20.9 Å². The zero-order valence-corrected chi connectivity index (χ0v) is 20.8. The average Bonchev–Trinajstić information content (AvgIpc) is 2.88. The smallest absolute Gasteiger partial charge is 0.323 e. The number of ether oxygens (including phenoxy) is 1. The third kappa shape index (κ3) is 4.12. The lowest BCUT2D eigenvalue weighted by molar-refractivity contribution is 0.262. The summed E-state index contributed by atoms with van der Waals surface area (Å²) in [6.45, 7) is 0. The number of hydrogen-bond donors (Lipinski definition) is 2. The standard InChI is InChI=1S/C27H20Cl2N4O3/c1-33-21-11-9-15(28)14-18(21)23(16-6-3-4-8-19(16)29)25(26(33)34)32-27(35)31-24-17-7-5-13-30-20(17)10-12-22(24)36-2/h3-14H,1-2H3,(H2,31,32,35). The van der Waals surface area contributed by atoms with Gasteiger partial charge in [-0.25, -0.2) is 4.79 Å². The van der Waals surface area contributed by atoms with E-state index in [1.165, 1.54) is 11.7 Å². The van der Waals surface area contributed by atoms with Gasteiger partial charge in [-0.05, 0) is 48.5 Å². The van der Waals surface area contributed by atoms with Crippen LogP contribution in [0.25, 0.3) is 32.9 Å². The Bertz CT molecular complexity index is 1720. The number of carbonyl (C=O) groups excluding carboxylic acids is 1. The lowest BCUT2D eigenvalue weighted by atomic mass is 9.99. The Kier molecular flexibility index (Phi) is 6.26. The van der Waals surface area contributed by atoms with E-state index in [9.17, 15) is 9.59 Å². The van der Waals surface area contributed by atoms with Crippen LogP contribution in [-0.2, 0) is 7.05 Å². The number of methoxy groups -OCH3 is 1. The molecule has 0 aliphatic rings. The largest absolute Gasteiger partial charge is 0.495 e. The predicted molar refractivity (Wildman–Crippen MR) is 146 cm³/mol. The molecule has 0 bridgehead atoms. The number of amides is 2. The summed E-state index contributed by atoms with van der Waals surface area (Å²) < 4.78 is 6.92. The molecule has 0 unspecified atom stereocenters. The van der Waals surface area contributed by atoms with Crippen LogP contribution in [0.2, 0.25) is 10.0 Å². The van der Waals surface area contributed by atoms with Crippen LogP contribution in [-0.4, -0.2) is 22.7 Å². The molecule has 0 spiro atoms. The highest BCUT2D eigenvalue weighted by molar-refractivity contribution is 6.34. The second kappa shape index (κ2) is 9.53. The first kappa shape index (κ1) is 23.7. The minimum atomic E-state index is -0.628. The minimum Gasteiger partial charge on any atom is -0.495 e. The molecule has 2 N–H and O–H groups in total. The monoisotopic (exact) mass is 518 g/mol. The fourth-order valence-electron chi connectivity index (χ4n) is 4.27. The summed E-state index contributed by atoms with van der Waals surface area (Å²) in [6.07, 6.45) is 1.67. The van der Waals surface area contributed by atoms with E-state index in [1.807, 2.05) is 12.1 Å². The Morgan fingerprint density at radius 1 is 0.944 bits per heavy atom. The van der Waals surface area contributed by atoms with Gasteiger partial charge in [0.1, 0.15) is 11.4 Å². The molecule has 0 aliphatic carbocycles. The first-order valence-electron chi connectivity index (χ1n) is 11.0. The maximum absolute atomic E-state index is 13.5. The van der Waals surface area contributed by atoms with E-state index in [0.717, 1.165) is 0 Å². The van der Waals surface area contributed by atoms with Gasteiger partial charge in [-0.1, -0.05) is 41.4 Å². The van der Waals surface area contributed by atoms with Gasteiger partial charge in [-0.15, -0.1) is 0 Å². The summed E-state index contributed by atoms with van der Waals surface area (Å²) in [5, 5.41) is 7.86. The lowest BCUT2D eigenvalue weighted by Gasteiger charge is -2.19. The third-order valence-electron chi connectivity index (χ3n) is 5.94. The van der Waals surface area contributed by atoms with Crippen molar-refractivity contribution in [3.63, 3.8) is 0 Å². The number of fused-ring (bicyclic) bond motifs is 2. The van der Waals surface area contributed by atoms with Crippen molar-refractivity contribution in [1.82, 2.24) is 9.55 Å². The first-order chi connectivity index (χ1) is 17.4. The Hall–Kier alpha value is -4.07. The number of aryl methyl sites for hydroxylation is 1. The number of carbonyl (C=O) groups is 1. The highest BCUT2D eigenvalue weighted by atomic mass is 35.5. The highest BCUT2D eigenvalue weighted by Crippen LogP contribution is 2.38. The number of urea groups is 1. The van der Waals surface area contributed by atoms with E-state index in [2.05, 4.69) is 15.6 Å². The van der Waals surface area contributed by atoms with Gasteiger partial charge in [-0.3, -0.25) is 9.78 Å². The van der Waals surface area contributed by atoms with Gasteiger partial charge in [0.05, 0.1) is 23.8 Å². The number of aromatic nitrogens is 2. The number of hydrogen-bond acceptors (Lipinski definition) is 4. The summed E-state index contributed by atoms with van der Waals surface area (Å²) in [6, 6.07) is 18.8. The molecule has 9 heteroatoms. The van der Waals surface area contributed by atoms with E-state index in [0.29, 0.717) is 54.4 Å². The molecule has 0 saturated carbocycles. The maximum Gasteiger partial charge on any atom is 0.323 e. The number of nitrogens with one attached hydrogen (secondary N) is 2. The fourth-order valence-corrected chi connectivity index (χ4v) is 4.67. The first-order valence-corrected chi connectivity index (χ1v) is 11.7. The van der Waals surface area contributed by atoms with Gasteiger partial charge in [0.15, 0.2) is 0 Å². The molecule has 5 aromatic rings. The van der Waals surface area contributed by atoms with E-state index in [1.54, 1.807) is 67.8 Å². The van der Waals surface area contributed by atoms with Crippen molar-refractivity contribution in [3.8, 4) is 16.9 Å². The Balaban J connectivity index is 1.67. The van der Waals surface area contributed by atoms with Crippen molar-refractivity contribution >= 4 is 62.4 Å². The fraction of sp³-hybridized carbons (Fsp3) is 0.0741. The molecule has 5 rings (SSSR count). The molecule has 2 aromatic heterocycles. The normalized spacial score (nSPS) is 11.0. The number of benzene rings is 3. The van der Waals surface area contributed by atoms with Crippen LogP contribution in [0.3, 0.4) is 0 Å². The van der Waals surface area contributed by atoms with E-state index < -0.39 is 11.6 Å². The average molecular weight is 519 g/mol. The number of halogens is 2. The van der Waals surface area contributed by atoms with Gasteiger partial charge >= 0.3 is 6.03 Å². The van der Waals surface area contributed by atoms with E-state index in [-0.39, 0.29) is 5.69 Å². The van der Waals surface area contributed by atoms with Crippen LogP contribution in [0.15, 0.2) is 77.7 Å². The molecule has 3 aromatic carbocycles. The Labute approximate surface area is 216 Å². The quantitative estimate of drug-likeness (QED) is 0.276. The molecule has 2 heterocycles. The van der Waals surface area contributed by atoms with Crippen LogP contribution in [0.5, 0.6) is 5.75 Å². The summed E-state index contributed by atoms with van der Waals surface area (Å²) in [7, 11) is 3.15. The van der Waals surface area contributed by atoms with Crippen molar-refractivity contribution in [1.29, 1.82) is 0 Å². The SMILES string of the molecule is COc1ccc2ncccc2c1NC(=O)Nc1c(-c2ccccc2Cl)c2cc(Cl)ccc2n(C)c1=O. The maximum atomic E-state index is 13.5. The number of nitrogens with zero attached hydrogens (tertiary/aromatic N) is 2. The molecule has 36 heavy (non-hydrogen) atoms. The molecule has 7 nitrogen and oxygen atoms in total. The minimum absolute atomic E-state index is 0.0650. The molecule has 0 atom stereocenters. The number of pyridine rings is 2. The van der Waals surface area contributed by atoms with Crippen molar-refractivity contribution in [2.75, 3.05) is 17.7 Å².